The molecular formula is C48H39Cl2N2O8PS. The number of thiophene rings is 1. The molecule has 6 aromatic carbocycles. The van der Waals surface area contributed by atoms with E-state index >= 15 is 0 Å². The fourth-order valence-corrected chi connectivity index (χ4v) is 10.9. The normalized spacial score (nSPS) is 15.8. The van der Waals surface area contributed by atoms with E-state index in [9.17, 15) is 18.9 Å². The van der Waals surface area contributed by atoms with Crippen LogP contribution in [0.5, 0.6) is 11.5 Å². The third-order valence-corrected chi connectivity index (χ3v) is 14.2. The van der Waals surface area contributed by atoms with Crippen LogP contribution in [0.25, 0.3) is 21.5 Å². The number of amides is 2. The first-order valence-corrected chi connectivity index (χ1v) is 23.3. The Morgan fingerprint density at radius 3 is 1.48 bits per heavy atom. The highest BCUT2D eigenvalue weighted by Crippen LogP contribution is 2.55. The van der Waals surface area contributed by atoms with Crippen molar-refractivity contribution in [2.24, 2.45) is 0 Å². The third kappa shape index (κ3) is 8.13. The van der Waals surface area contributed by atoms with E-state index in [1.54, 1.807) is 34.1 Å². The Kier molecular flexibility index (Phi) is 11.9. The van der Waals surface area contributed by atoms with Crippen LogP contribution in [0.1, 0.15) is 60.4 Å². The molecule has 7 aromatic rings. The van der Waals surface area contributed by atoms with E-state index in [0.717, 1.165) is 49.7 Å². The summed E-state index contributed by atoms with van der Waals surface area (Å²) >= 11 is 14.2. The maximum absolute atomic E-state index is 14.6. The molecule has 10 nitrogen and oxygen atoms in total. The molecule has 2 atom stereocenters. The summed E-state index contributed by atoms with van der Waals surface area (Å²) in [4.78, 5) is 45.1. The molecule has 0 radical (unpaired) electrons. The van der Waals surface area contributed by atoms with Crippen LogP contribution in [-0.2, 0) is 31.6 Å². The van der Waals surface area contributed by atoms with Crippen LogP contribution in [0.2, 0.25) is 0 Å². The molecule has 2 amide bonds. The summed E-state index contributed by atoms with van der Waals surface area (Å²) in [5, 5.41) is 3.03. The van der Waals surface area contributed by atoms with Gasteiger partial charge in [0.1, 0.15) is 11.5 Å². The van der Waals surface area contributed by atoms with E-state index in [2.05, 4.69) is 0 Å². The number of phosphoric acid groups is 1. The van der Waals surface area contributed by atoms with Gasteiger partial charge in [-0.1, -0.05) is 109 Å². The number of anilines is 2. The number of carbonyl (C=O) groups excluding carboxylic acids is 3. The molecule has 3 heterocycles. The number of fused-ring (bicyclic) bond motifs is 6. The molecule has 14 heteroatoms. The molecule has 1 aromatic heterocycles. The van der Waals surface area contributed by atoms with Crippen LogP contribution in [0.4, 0.5) is 11.4 Å². The summed E-state index contributed by atoms with van der Waals surface area (Å²) < 4.78 is 38.5. The van der Waals surface area contributed by atoms with Gasteiger partial charge in [-0.15, -0.1) is 34.5 Å². The number of alkyl halides is 2. The van der Waals surface area contributed by atoms with Crippen molar-refractivity contribution in [3.05, 3.63) is 165 Å². The predicted molar refractivity (Wildman–Crippen MR) is 244 cm³/mol. The number of halogens is 2. The molecule has 0 spiro atoms. The van der Waals surface area contributed by atoms with Gasteiger partial charge < -0.3 is 19.1 Å². The van der Waals surface area contributed by atoms with Crippen molar-refractivity contribution in [3.8, 4) is 11.5 Å². The van der Waals surface area contributed by atoms with Crippen LogP contribution in [0, 0.1) is 0 Å². The first kappa shape index (κ1) is 41.8. The molecule has 0 N–H and O–H groups in total. The van der Waals surface area contributed by atoms with Gasteiger partial charge in [0.05, 0.1) is 34.3 Å². The van der Waals surface area contributed by atoms with Gasteiger partial charge in [0.15, 0.2) is 0 Å². The average molecular weight is 906 g/mol. The Bertz CT molecular complexity index is 2850. The number of carbonyl (C=O) groups is 3. The average Bonchev–Trinajstić information content (AvgIpc) is 4.04. The van der Waals surface area contributed by atoms with Gasteiger partial charge in [0.2, 0.25) is 0 Å². The van der Waals surface area contributed by atoms with E-state index in [0.29, 0.717) is 38.8 Å². The largest absolute Gasteiger partial charge is 0.530 e. The minimum Gasteiger partial charge on any atom is -0.426 e. The van der Waals surface area contributed by atoms with Crippen LogP contribution in [0.15, 0.2) is 133 Å². The maximum atomic E-state index is 14.6. The summed E-state index contributed by atoms with van der Waals surface area (Å²) in [5.41, 5.74) is 4.46. The second-order valence-electron chi connectivity index (χ2n) is 15.1. The zero-order chi connectivity index (χ0) is 43.0. The van der Waals surface area contributed by atoms with E-state index in [1.165, 1.54) is 6.92 Å². The maximum Gasteiger partial charge on any atom is 0.530 e. The lowest BCUT2D eigenvalue weighted by Crippen LogP contribution is -2.30. The standard InChI is InChI=1S/C48H39Cl2N2O8PS/c1-30(53)59-41-22-39-45(37-18-10-8-16-35(37)41)33(24-49)26-51(39)47(54)43-20-21-44(62-43)48(55)52-27-34(25-50)46-38-19-11-9-17-36(38)42(23-40(46)52)60-61(56,57-28-31-12-4-2-5-13-31)58-29-32-14-6-3-7-15-32/h2-23,33-34H,24-29H2,1H3. The number of hydrogen-bond acceptors (Lipinski definition) is 9. The molecule has 2 aliphatic heterocycles. The minimum absolute atomic E-state index is 0.0341. The Labute approximate surface area is 372 Å². The number of benzene rings is 6. The summed E-state index contributed by atoms with van der Waals surface area (Å²) in [6.45, 7) is 1.85. The highest BCUT2D eigenvalue weighted by molar-refractivity contribution is 7.48. The van der Waals surface area contributed by atoms with Crippen LogP contribution < -0.4 is 19.1 Å². The summed E-state index contributed by atoms with van der Waals surface area (Å²) in [7, 11) is -4.30. The molecular weight excluding hydrogens is 866 g/mol. The van der Waals surface area contributed by atoms with Crippen molar-refractivity contribution < 1.29 is 37.3 Å². The number of esters is 1. The van der Waals surface area contributed by atoms with Crippen molar-refractivity contribution in [3.63, 3.8) is 0 Å². The zero-order valence-electron chi connectivity index (χ0n) is 33.4. The van der Waals surface area contributed by atoms with Crippen LogP contribution >= 0.6 is 42.4 Å². The van der Waals surface area contributed by atoms with Crippen molar-refractivity contribution in [2.75, 3.05) is 34.6 Å². The smallest absolute Gasteiger partial charge is 0.426 e. The van der Waals surface area contributed by atoms with Crippen LogP contribution in [0.3, 0.4) is 0 Å². The number of ether oxygens (including phenoxy) is 1. The number of rotatable bonds is 13. The van der Waals surface area contributed by atoms with Crippen molar-refractivity contribution in [1.29, 1.82) is 0 Å². The number of hydrogen-bond donors (Lipinski definition) is 0. The third-order valence-electron chi connectivity index (χ3n) is 11.1. The monoisotopic (exact) mass is 904 g/mol. The van der Waals surface area contributed by atoms with Gasteiger partial charge in [-0.2, -0.15) is 0 Å². The van der Waals surface area contributed by atoms with E-state index in [4.69, 9.17) is 41.5 Å². The van der Waals surface area contributed by atoms with Gasteiger partial charge >= 0.3 is 13.8 Å². The molecule has 2 unspecified atom stereocenters. The first-order chi connectivity index (χ1) is 30.1. The molecule has 0 saturated carbocycles. The lowest BCUT2D eigenvalue weighted by Gasteiger charge is -2.22. The molecule has 314 valence electrons. The van der Waals surface area contributed by atoms with E-state index < -0.39 is 13.8 Å². The minimum atomic E-state index is -4.30. The Hall–Kier alpha value is -5.52. The summed E-state index contributed by atoms with van der Waals surface area (Å²) in [5.74, 6) is -0.471. The highest BCUT2D eigenvalue weighted by atomic mass is 35.5. The van der Waals surface area contributed by atoms with Gasteiger partial charge in [-0.3, -0.25) is 23.4 Å². The lowest BCUT2D eigenvalue weighted by molar-refractivity contribution is -0.131. The Balaban J connectivity index is 1.04. The Morgan fingerprint density at radius 2 is 1.03 bits per heavy atom. The molecule has 9 rings (SSSR count). The highest BCUT2D eigenvalue weighted by Gasteiger charge is 2.39. The fraction of sp³-hybridized carbons (Fsp3) is 0.188. The van der Waals surface area contributed by atoms with Gasteiger partial charge in [0, 0.05) is 66.5 Å². The van der Waals surface area contributed by atoms with Crippen molar-refractivity contribution in [1.82, 2.24) is 0 Å². The first-order valence-electron chi connectivity index (χ1n) is 20.0. The van der Waals surface area contributed by atoms with E-state index in [1.807, 2.05) is 109 Å². The second-order valence-corrected chi connectivity index (χ2v) is 18.3. The van der Waals surface area contributed by atoms with Crippen molar-refractivity contribution in [2.45, 2.75) is 32.0 Å². The zero-order valence-corrected chi connectivity index (χ0v) is 36.6. The topological polar surface area (TPSA) is 112 Å². The van der Waals surface area contributed by atoms with Crippen molar-refractivity contribution >= 4 is 93.1 Å². The second kappa shape index (κ2) is 17.7. The number of nitrogens with zero attached hydrogens (tertiary/aromatic N) is 2. The summed E-state index contributed by atoms with van der Waals surface area (Å²) in [6.07, 6.45) is 0. The molecule has 0 fully saturated rings. The summed E-state index contributed by atoms with van der Waals surface area (Å²) in [6, 6.07) is 40.5. The lowest BCUT2D eigenvalue weighted by atomic mass is 9.95. The van der Waals surface area contributed by atoms with E-state index in [-0.39, 0.29) is 60.9 Å². The quantitative estimate of drug-likeness (QED) is 0.0487. The fourth-order valence-electron chi connectivity index (χ4n) is 8.28. The predicted octanol–water partition coefficient (Wildman–Crippen LogP) is 11.9. The molecule has 0 aliphatic carbocycles. The van der Waals surface area contributed by atoms with Gasteiger partial charge in [-0.25, -0.2) is 4.57 Å². The molecule has 0 bridgehead atoms. The molecule has 0 saturated heterocycles. The SMILES string of the molecule is CC(=O)Oc1cc2c(c3ccccc13)C(CCl)CN2C(=O)c1ccc(C(=O)N2CC(CCl)c3c2cc(OP(=O)(OCc2ccccc2)OCc2ccccc2)c2ccccc32)s1. The van der Waals surface area contributed by atoms with Crippen LogP contribution in [-0.4, -0.2) is 42.6 Å². The number of phosphoric ester groups is 1. The molecule has 2 aliphatic rings. The molecule has 62 heavy (non-hydrogen) atoms. The van der Waals surface area contributed by atoms with Gasteiger partial charge in [0.25, 0.3) is 11.8 Å². The van der Waals surface area contributed by atoms with Gasteiger partial charge in [-0.05, 0) is 45.2 Å². The Morgan fingerprint density at radius 1 is 0.613 bits per heavy atom.